The molecule has 0 spiro atoms. The fraction of sp³-hybridized carbons (Fsp3) is 0.571. The highest BCUT2D eigenvalue weighted by Gasteiger charge is 2.65. The Kier molecular flexibility index (Phi) is 14.0. The number of carbonyl (C=O) groups excluding carboxylic acids is 3. The molecule has 1 unspecified atom stereocenters. The maximum absolute atomic E-state index is 15.0. The van der Waals surface area contributed by atoms with E-state index in [1.807, 2.05) is 13.2 Å². The largest absolute Gasteiger partial charge is 0.454 e. The molecular weight excluding hydrogens is 700 g/mol. The topological polar surface area (TPSA) is 107 Å². The van der Waals surface area contributed by atoms with Gasteiger partial charge in [0.1, 0.15) is 13.2 Å². The lowest BCUT2D eigenvalue weighted by Crippen LogP contribution is -2.52. The van der Waals surface area contributed by atoms with Gasteiger partial charge >= 0.3 is 41.7 Å². The van der Waals surface area contributed by atoms with Crippen molar-refractivity contribution in [2.45, 2.75) is 41.6 Å². The average Bonchev–Trinajstić information content (AvgIpc) is 2.91. The number of carbonyl (C=O) groups is 3. The summed E-state index contributed by atoms with van der Waals surface area (Å²) >= 11 is 0. The summed E-state index contributed by atoms with van der Waals surface area (Å²) in [5.41, 5.74) is 0. The first-order chi connectivity index (χ1) is 20.4. The molecule has 46 heavy (non-hydrogen) atoms. The second-order valence-corrected chi connectivity index (χ2v) is 8.27. The molecule has 0 aliphatic heterocycles. The zero-order chi connectivity index (χ0) is 36.7. The number of rotatable bonds is 22. The molecule has 0 aliphatic carbocycles. The predicted octanol–water partition coefficient (Wildman–Crippen LogP) is 5.47. The minimum Gasteiger partial charge on any atom is -0.454 e. The number of Topliss-reactive ketones (excluding diaryl/α,β-unsaturated/α-hetero) is 2. The monoisotopic (exact) mass is 716 g/mol. The van der Waals surface area contributed by atoms with Crippen molar-refractivity contribution in [1.29, 1.82) is 0 Å². The highest BCUT2D eigenvalue weighted by atomic mass is 19.3. The Balaban J connectivity index is 5.91. The second-order valence-electron chi connectivity index (χ2n) is 8.27. The van der Waals surface area contributed by atoms with Gasteiger partial charge in [0, 0.05) is 0 Å². The number of alkyl halides is 13. The molecule has 25 heteroatoms. The molecule has 0 fully saturated rings. The Bertz CT molecular complexity index is 1170. The molecule has 0 aromatic carbocycles. The third-order valence-corrected chi connectivity index (χ3v) is 4.53. The first kappa shape index (κ1) is 42.7. The van der Waals surface area contributed by atoms with Crippen molar-refractivity contribution in [3.8, 4) is 0 Å². The number of ketones is 2. The standard InChI is InChI=1S/C21H16F16O9/c1-9(22)12(38)19(32,33)16(26,27)7-44-43-5-15(25,46-45-8-17(28,29)20(34,35)13(39)10(2)23)4-42-21(36,37)18(30,31)6-41-14(40)11(3)24/h1-8H2. The summed E-state index contributed by atoms with van der Waals surface area (Å²) in [7, 11) is 0. The summed E-state index contributed by atoms with van der Waals surface area (Å²) in [5, 5.41) is 0. The van der Waals surface area contributed by atoms with Gasteiger partial charge in [-0.25, -0.2) is 32.6 Å². The Morgan fingerprint density at radius 2 is 0.891 bits per heavy atom. The van der Waals surface area contributed by atoms with Crippen LogP contribution in [0.15, 0.2) is 37.2 Å². The van der Waals surface area contributed by atoms with Gasteiger partial charge in [-0.05, 0) is 0 Å². The van der Waals surface area contributed by atoms with Crippen LogP contribution in [0.5, 0.6) is 0 Å². The van der Waals surface area contributed by atoms with E-state index in [9.17, 15) is 84.6 Å². The van der Waals surface area contributed by atoms with E-state index in [1.165, 1.54) is 0 Å². The summed E-state index contributed by atoms with van der Waals surface area (Å²) in [4.78, 5) is 46.2. The molecule has 0 bridgehead atoms. The average molecular weight is 716 g/mol. The molecule has 0 N–H and O–H groups in total. The maximum atomic E-state index is 15.0. The van der Waals surface area contributed by atoms with Crippen molar-refractivity contribution in [3.63, 3.8) is 0 Å². The van der Waals surface area contributed by atoms with Gasteiger partial charge in [-0.3, -0.25) is 9.59 Å². The van der Waals surface area contributed by atoms with Crippen molar-refractivity contribution in [1.82, 2.24) is 0 Å². The van der Waals surface area contributed by atoms with Gasteiger partial charge in [0.05, 0.1) is 0 Å². The number of ether oxygens (including phenoxy) is 2. The predicted molar refractivity (Wildman–Crippen MR) is 110 cm³/mol. The third-order valence-electron chi connectivity index (χ3n) is 4.53. The molecule has 0 aromatic rings. The molecule has 266 valence electrons. The van der Waals surface area contributed by atoms with E-state index in [4.69, 9.17) is 0 Å². The molecule has 0 aromatic heterocycles. The Morgan fingerprint density at radius 1 is 0.500 bits per heavy atom. The molecule has 0 amide bonds. The number of esters is 1. The fourth-order valence-corrected chi connectivity index (χ4v) is 2.02. The molecule has 9 nitrogen and oxygen atoms in total. The number of hydrogen-bond acceptors (Lipinski definition) is 9. The van der Waals surface area contributed by atoms with Crippen LogP contribution in [0.2, 0.25) is 0 Å². The minimum absolute atomic E-state index is 2.01. The van der Waals surface area contributed by atoms with E-state index in [0.717, 1.165) is 0 Å². The van der Waals surface area contributed by atoms with Crippen LogP contribution in [-0.4, -0.2) is 92.1 Å². The zero-order valence-electron chi connectivity index (χ0n) is 21.9. The van der Waals surface area contributed by atoms with Crippen molar-refractivity contribution in [2.24, 2.45) is 0 Å². The van der Waals surface area contributed by atoms with Gasteiger partial charge in [0.25, 0.3) is 17.4 Å². The highest BCUT2D eigenvalue weighted by molar-refractivity contribution is 5.99. The van der Waals surface area contributed by atoms with Crippen LogP contribution < -0.4 is 0 Å². The normalized spacial score (nSPS) is 14.8. The van der Waals surface area contributed by atoms with Crippen LogP contribution in [-0.2, 0) is 43.4 Å². The van der Waals surface area contributed by atoms with E-state index < -0.39 is 110 Å². The lowest BCUT2D eigenvalue weighted by molar-refractivity contribution is -0.466. The lowest BCUT2D eigenvalue weighted by atomic mass is 10.1. The Hall–Kier alpha value is -3.29. The van der Waals surface area contributed by atoms with Crippen LogP contribution in [0.3, 0.4) is 0 Å². The minimum atomic E-state index is -6.05. The third kappa shape index (κ3) is 10.6. The van der Waals surface area contributed by atoms with Gasteiger partial charge in [-0.2, -0.15) is 62.0 Å². The molecule has 0 saturated carbocycles. The number of hydrogen-bond donors (Lipinski definition) is 0. The first-order valence-corrected chi connectivity index (χ1v) is 10.9. The van der Waals surface area contributed by atoms with Gasteiger partial charge in [0.2, 0.25) is 5.83 Å². The van der Waals surface area contributed by atoms with Crippen molar-refractivity contribution >= 4 is 17.5 Å². The van der Waals surface area contributed by atoms with Crippen molar-refractivity contribution in [3.05, 3.63) is 37.2 Å². The molecule has 0 saturated heterocycles. The quantitative estimate of drug-likeness (QED) is 0.0361. The molecule has 0 rings (SSSR count). The summed E-state index contributed by atoms with van der Waals surface area (Å²) in [6.45, 7) is -7.67. The molecule has 1 atom stereocenters. The maximum Gasteiger partial charge on any atom is 0.423 e. The van der Waals surface area contributed by atoms with E-state index in [1.54, 1.807) is 0 Å². The first-order valence-electron chi connectivity index (χ1n) is 10.9. The van der Waals surface area contributed by atoms with Gasteiger partial charge in [0.15, 0.2) is 31.5 Å². The summed E-state index contributed by atoms with van der Waals surface area (Å²) in [5.74, 6) is -50.1. The van der Waals surface area contributed by atoms with E-state index in [0.29, 0.717) is 0 Å². The van der Waals surface area contributed by atoms with E-state index in [2.05, 4.69) is 35.6 Å². The van der Waals surface area contributed by atoms with Crippen LogP contribution >= 0.6 is 0 Å². The van der Waals surface area contributed by atoms with Gasteiger partial charge in [-0.1, -0.05) is 19.7 Å². The smallest absolute Gasteiger partial charge is 0.423 e. The SMILES string of the molecule is C=C(F)C(=O)OCC(F)(F)C(F)(F)OCC(F)(COOCC(F)(F)C(F)(F)C(=O)C(=C)F)OOCC(F)(F)C(F)(F)C(=O)C(=C)F. The van der Waals surface area contributed by atoms with Crippen LogP contribution in [0.25, 0.3) is 0 Å². The lowest BCUT2D eigenvalue weighted by Gasteiger charge is -2.30. The molecular formula is C21H16F16O9. The van der Waals surface area contributed by atoms with E-state index in [-0.39, 0.29) is 0 Å². The number of halogens is 16. The van der Waals surface area contributed by atoms with Crippen molar-refractivity contribution in [2.75, 3.05) is 33.0 Å². The zero-order valence-corrected chi connectivity index (χ0v) is 21.9. The van der Waals surface area contributed by atoms with Crippen LogP contribution in [0.4, 0.5) is 70.2 Å². The Labute approximate surface area is 244 Å². The highest BCUT2D eigenvalue weighted by Crippen LogP contribution is 2.40. The molecule has 0 heterocycles. The second kappa shape index (κ2) is 15.1. The molecule has 0 aliphatic rings. The Morgan fingerprint density at radius 3 is 1.28 bits per heavy atom. The van der Waals surface area contributed by atoms with Gasteiger partial charge in [-0.15, -0.1) is 0 Å². The fourth-order valence-electron chi connectivity index (χ4n) is 2.02. The molecule has 0 radical (unpaired) electrons. The summed E-state index contributed by atoms with van der Waals surface area (Å²) in [6.07, 6.45) is -6.05. The number of allylic oxidation sites excluding steroid dienone is 2. The summed E-state index contributed by atoms with van der Waals surface area (Å²) in [6, 6.07) is 0. The summed E-state index contributed by atoms with van der Waals surface area (Å²) < 4.78 is 223. The van der Waals surface area contributed by atoms with E-state index >= 15 is 0 Å². The van der Waals surface area contributed by atoms with Crippen LogP contribution in [0, 0.1) is 0 Å². The van der Waals surface area contributed by atoms with Crippen LogP contribution in [0.1, 0.15) is 0 Å². The van der Waals surface area contributed by atoms with Gasteiger partial charge < -0.3 is 9.47 Å². The van der Waals surface area contributed by atoms with Crippen molar-refractivity contribution < 1.29 is 114 Å².